The monoisotopic (exact) mass is 564 g/mol. The van der Waals surface area contributed by atoms with Crippen LogP contribution in [0.25, 0.3) is 75.2 Å². The number of nitrogens with zero attached hydrogens (tertiary/aromatic N) is 4. The molecule has 9 aromatic rings. The fraction of sp³-hybridized carbons (Fsp3) is 0. The first-order valence-electron chi connectivity index (χ1n) is 14.1. The van der Waals surface area contributed by atoms with Crippen molar-refractivity contribution in [1.82, 2.24) is 9.13 Å². The van der Waals surface area contributed by atoms with Gasteiger partial charge in [-0.1, -0.05) is 78.9 Å². The molecule has 0 unspecified atom stereocenters. The first kappa shape index (κ1) is 23.8. The maximum atomic E-state index is 10.6. The van der Waals surface area contributed by atoms with Crippen molar-refractivity contribution in [2.45, 2.75) is 0 Å². The summed E-state index contributed by atoms with van der Waals surface area (Å²) >= 11 is 1.82. The minimum atomic E-state index is 0.357. The maximum Gasteiger partial charge on any atom is 0.103 e. The van der Waals surface area contributed by atoms with Crippen molar-refractivity contribution >= 4 is 75.1 Å². The van der Waals surface area contributed by atoms with Gasteiger partial charge in [-0.25, -0.2) is 0 Å². The molecular formula is C38H20N4S. The van der Waals surface area contributed by atoms with Gasteiger partial charge in [0, 0.05) is 41.7 Å². The average Bonchev–Trinajstić information content (AvgIpc) is 3.71. The summed E-state index contributed by atoms with van der Waals surface area (Å²) in [5.74, 6) is 0. The first-order chi connectivity index (χ1) is 21.3. The third kappa shape index (κ3) is 3.12. The highest BCUT2D eigenvalue weighted by Gasteiger charge is 2.24. The van der Waals surface area contributed by atoms with Gasteiger partial charge >= 0.3 is 0 Å². The topological polar surface area (TPSA) is 57.4 Å². The van der Waals surface area contributed by atoms with Gasteiger partial charge < -0.3 is 9.13 Å². The van der Waals surface area contributed by atoms with Crippen LogP contribution in [0, 0.1) is 22.7 Å². The highest BCUT2D eigenvalue weighted by atomic mass is 32.1. The Balaban J connectivity index is 1.51. The van der Waals surface area contributed by atoms with E-state index in [-0.39, 0.29) is 0 Å². The van der Waals surface area contributed by atoms with Crippen molar-refractivity contribution in [2.24, 2.45) is 0 Å². The predicted molar refractivity (Wildman–Crippen MR) is 177 cm³/mol. The quantitative estimate of drug-likeness (QED) is 0.210. The summed E-state index contributed by atoms with van der Waals surface area (Å²) in [6, 6.07) is 46.5. The van der Waals surface area contributed by atoms with E-state index in [1.54, 1.807) is 6.07 Å². The van der Waals surface area contributed by atoms with Crippen molar-refractivity contribution in [3.63, 3.8) is 0 Å². The molecule has 5 heteroatoms. The lowest BCUT2D eigenvalue weighted by molar-refractivity contribution is 1.08. The summed E-state index contributed by atoms with van der Waals surface area (Å²) in [4.78, 5) is 0. The van der Waals surface area contributed by atoms with E-state index in [9.17, 15) is 10.5 Å². The molecule has 0 radical (unpaired) electrons. The number of aromatic nitrogens is 2. The highest BCUT2D eigenvalue weighted by Crippen LogP contribution is 2.45. The molecule has 0 bridgehead atoms. The van der Waals surface area contributed by atoms with Gasteiger partial charge in [0.2, 0.25) is 0 Å². The summed E-state index contributed by atoms with van der Waals surface area (Å²) < 4.78 is 6.95. The Morgan fingerprint density at radius 2 is 1.09 bits per heavy atom. The van der Waals surface area contributed by atoms with Gasteiger partial charge in [-0.05, 0) is 42.5 Å². The summed E-state index contributed by atoms with van der Waals surface area (Å²) in [6.07, 6.45) is 0. The van der Waals surface area contributed by atoms with Crippen molar-refractivity contribution in [3.8, 4) is 23.5 Å². The van der Waals surface area contributed by atoms with E-state index < -0.39 is 0 Å². The van der Waals surface area contributed by atoms with Gasteiger partial charge in [-0.15, -0.1) is 11.3 Å². The predicted octanol–water partition coefficient (Wildman–Crippen LogP) is 9.99. The number of para-hydroxylation sites is 3. The molecule has 0 fully saturated rings. The second-order valence-corrected chi connectivity index (χ2v) is 11.8. The van der Waals surface area contributed by atoms with Crippen molar-refractivity contribution in [1.29, 1.82) is 10.5 Å². The largest absolute Gasteiger partial charge is 0.307 e. The van der Waals surface area contributed by atoms with Crippen LogP contribution in [0.4, 0.5) is 0 Å². The third-order valence-electron chi connectivity index (χ3n) is 8.61. The molecule has 0 aliphatic heterocycles. The second-order valence-electron chi connectivity index (χ2n) is 10.7. The van der Waals surface area contributed by atoms with Crippen LogP contribution in [-0.4, -0.2) is 9.13 Å². The zero-order valence-corrected chi connectivity index (χ0v) is 23.6. The molecule has 3 aromatic heterocycles. The number of nitriles is 2. The fourth-order valence-corrected chi connectivity index (χ4v) is 8.11. The van der Waals surface area contributed by atoms with Crippen LogP contribution < -0.4 is 0 Å². The third-order valence-corrected chi connectivity index (χ3v) is 9.82. The molecule has 9 rings (SSSR count). The van der Waals surface area contributed by atoms with Gasteiger partial charge in [0.1, 0.15) is 12.1 Å². The van der Waals surface area contributed by atoms with Crippen LogP contribution in [0.5, 0.6) is 0 Å². The van der Waals surface area contributed by atoms with E-state index in [0.717, 1.165) is 43.9 Å². The van der Waals surface area contributed by atoms with Gasteiger partial charge in [0.15, 0.2) is 0 Å². The van der Waals surface area contributed by atoms with Crippen LogP contribution in [-0.2, 0) is 0 Å². The van der Waals surface area contributed by atoms with Crippen LogP contribution >= 0.6 is 11.3 Å². The lowest BCUT2D eigenvalue weighted by atomic mass is 10.0. The van der Waals surface area contributed by atoms with E-state index in [4.69, 9.17) is 0 Å². The molecule has 0 spiro atoms. The van der Waals surface area contributed by atoms with Crippen LogP contribution in [0.1, 0.15) is 11.1 Å². The Hall–Kier alpha value is -5.88. The summed E-state index contributed by atoms with van der Waals surface area (Å²) in [7, 11) is 0. The normalized spacial score (nSPS) is 11.7. The standard InChI is InChI=1S/C38H20N4S/c39-21-23-17-19-34(37(29(23)22-40)42-30-13-5-1-9-24(30)25-10-2-6-14-31(25)42)41-32-15-7-3-12-28(32)36-33(41)20-18-27-26-11-4-8-16-35(26)43-38(27)36/h1-20H. The Labute approximate surface area is 250 Å². The van der Waals surface area contributed by atoms with E-state index in [1.807, 2.05) is 41.7 Å². The molecule has 0 amide bonds. The fourth-order valence-electron chi connectivity index (χ4n) is 6.85. The second kappa shape index (κ2) is 8.81. The van der Waals surface area contributed by atoms with Gasteiger partial charge in [0.25, 0.3) is 0 Å². The number of thiophene rings is 1. The Bertz CT molecular complexity index is 2650. The van der Waals surface area contributed by atoms with Crippen molar-refractivity contribution in [2.75, 3.05) is 0 Å². The van der Waals surface area contributed by atoms with Crippen LogP contribution in [0.15, 0.2) is 121 Å². The summed E-state index contributed by atoms with van der Waals surface area (Å²) in [5, 5.41) is 27.8. The molecule has 0 N–H and O–H groups in total. The zero-order valence-electron chi connectivity index (χ0n) is 22.7. The lowest BCUT2D eigenvalue weighted by Crippen LogP contribution is -2.07. The molecule has 6 aromatic carbocycles. The molecule has 0 aliphatic rings. The lowest BCUT2D eigenvalue weighted by Gasteiger charge is -2.18. The number of fused-ring (bicyclic) bond motifs is 10. The molecule has 0 saturated carbocycles. The number of hydrogen-bond acceptors (Lipinski definition) is 3. The van der Waals surface area contributed by atoms with Gasteiger partial charge in [-0.2, -0.15) is 10.5 Å². The van der Waals surface area contributed by atoms with Crippen molar-refractivity contribution < 1.29 is 0 Å². The zero-order chi connectivity index (χ0) is 28.7. The number of benzene rings is 6. The SMILES string of the molecule is N#Cc1ccc(-n2c3ccccc3c3c4sc5ccccc5c4ccc32)c(-n2c3ccccc3c3ccccc32)c1C#N. The van der Waals surface area contributed by atoms with Gasteiger partial charge in [0.05, 0.1) is 44.6 Å². The van der Waals surface area contributed by atoms with Gasteiger partial charge in [-0.3, -0.25) is 0 Å². The van der Waals surface area contributed by atoms with E-state index in [2.05, 4.69) is 106 Å². The molecular weight excluding hydrogens is 545 g/mol. The molecule has 0 aliphatic carbocycles. The Kier molecular flexibility index (Phi) is 4.87. The summed E-state index contributed by atoms with van der Waals surface area (Å²) in [5.41, 5.74) is 6.38. The van der Waals surface area contributed by atoms with Crippen molar-refractivity contribution in [3.05, 3.63) is 132 Å². The Morgan fingerprint density at radius 3 is 1.77 bits per heavy atom. The molecule has 4 nitrogen and oxygen atoms in total. The van der Waals surface area contributed by atoms with Crippen LogP contribution in [0.2, 0.25) is 0 Å². The number of hydrogen-bond donors (Lipinski definition) is 0. The first-order valence-corrected chi connectivity index (χ1v) is 14.9. The molecule has 0 saturated heterocycles. The molecule has 43 heavy (non-hydrogen) atoms. The maximum absolute atomic E-state index is 10.6. The Morgan fingerprint density at radius 1 is 0.488 bits per heavy atom. The summed E-state index contributed by atoms with van der Waals surface area (Å²) in [6.45, 7) is 0. The number of rotatable bonds is 2. The van der Waals surface area contributed by atoms with E-state index in [0.29, 0.717) is 16.8 Å². The van der Waals surface area contributed by atoms with E-state index >= 15 is 0 Å². The van der Waals surface area contributed by atoms with Crippen LogP contribution in [0.3, 0.4) is 0 Å². The molecule has 3 heterocycles. The molecule has 198 valence electrons. The average molecular weight is 565 g/mol. The van der Waals surface area contributed by atoms with E-state index in [1.165, 1.54) is 25.6 Å². The smallest absolute Gasteiger partial charge is 0.103 e. The highest BCUT2D eigenvalue weighted by molar-refractivity contribution is 7.26. The molecule has 0 atom stereocenters. The minimum Gasteiger partial charge on any atom is -0.307 e. The minimum absolute atomic E-state index is 0.357.